The summed E-state index contributed by atoms with van der Waals surface area (Å²) in [5.41, 5.74) is 1.27. The van der Waals surface area contributed by atoms with Crippen LogP contribution in [0.1, 0.15) is 15.9 Å². The number of sulfone groups is 1. The number of ether oxygens (including phenoxy) is 1. The van der Waals surface area contributed by atoms with Crippen LogP contribution in [0.3, 0.4) is 0 Å². The van der Waals surface area contributed by atoms with Gasteiger partial charge in [0.25, 0.3) is 5.91 Å². The highest BCUT2D eigenvalue weighted by molar-refractivity contribution is 7.90. The first kappa shape index (κ1) is 19.9. The van der Waals surface area contributed by atoms with E-state index in [1.165, 1.54) is 12.1 Å². The Kier molecular flexibility index (Phi) is 5.99. The zero-order valence-electron chi connectivity index (χ0n) is 15.6. The van der Waals surface area contributed by atoms with E-state index in [0.29, 0.717) is 37.5 Å². The first-order valence-corrected chi connectivity index (χ1v) is 10.8. The molecule has 1 heterocycles. The lowest BCUT2D eigenvalue weighted by Crippen LogP contribution is -2.48. The molecular weight excluding hydrogens is 380 g/mol. The van der Waals surface area contributed by atoms with E-state index in [2.05, 4.69) is 0 Å². The molecule has 0 bridgehead atoms. The van der Waals surface area contributed by atoms with Crippen molar-refractivity contribution in [1.29, 1.82) is 0 Å². The maximum atomic E-state index is 12.9. The summed E-state index contributed by atoms with van der Waals surface area (Å²) in [5.74, 6) is 0.339. The van der Waals surface area contributed by atoms with Crippen molar-refractivity contribution in [3.8, 4) is 5.75 Å². The average molecular weight is 402 g/mol. The Morgan fingerprint density at radius 3 is 2.29 bits per heavy atom. The molecule has 1 aliphatic heterocycles. The molecule has 0 aliphatic carbocycles. The highest BCUT2D eigenvalue weighted by atomic mass is 32.2. The van der Waals surface area contributed by atoms with Crippen molar-refractivity contribution in [2.24, 2.45) is 0 Å². The van der Waals surface area contributed by atoms with Crippen molar-refractivity contribution in [3.05, 3.63) is 59.7 Å². The van der Waals surface area contributed by atoms with Crippen LogP contribution in [0.15, 0.2) is 53.4 Å². The molecule has 148 valence electrons. The number of amides is 2. The zero-order valence-corrected chi connectivity index (χ0v) is 16.4. The number of carbonyl (C=O) groups excluding carboxylic acids is 2. The van der Waals surface area contributed by atoms with Gasteiger partial charge in [0, 0.05) is 32.4 Å². The van der Waals surface area contributed by atoms with Gasteiger partial charge in [-0.25, -0.2) is 8.42 Å². The molecule has 0 aromatic heterocycles. The molecular formula is C20H22N2O5S. The maximum Gasteiger partial charge on any atom is 0.257 e. The van der Waals surface area contributed by atoms with E-state index in [9.17, 15) is 18.0 Å². The van der Waals surface area contributed by atoms with Crippen LogP contribution >= 0.6 is 0 Å². The highest BCUT2D eigenvalue weighted by Crippen LogP contribution is 2.22. The maximum absolute atomic E-state index is 12.9. The van der Waals surface area contributed by atoms with Crippen LogP contribution < -0.4 is 4.74 Å². The Labute approximate surface area is 164 Å². The Bertz CT molecular complexity index is 949. The van der Waals surface area contributed by atoms with Crippen LogP contribution in [0, 0.1) is 0 Å². The molecule has 28 heavy (non-hydrogen) atoms. The summed E-state index contributed by atoms with van der Waals surface area (Å²) in [4.78, 5) is 27.3. The van der Waals surface area contributed by atoms with E-state index in [1.54, 1.807) is 46.2 Å². The van der Waals surface area contributed by atoms with Gasteiger partial charge in [-0.3, -0.25) is 9.59 Å². The van der Waals surface area contributed by atoms with Crippen molar-refractivity contribution in [2.75, 3.05) is 32.4 Å². The summed E-state index contributed by atoms with van der Waals surface area (Å²) >= 11 is 0. The Morgan fingerprint density at radius 2 is 1.68 bits per heavy atom. The number of rotatable bonds is 6. The van der Waals surface area contributed by atoms with Gasteiger partial charge in [0.15, 0.2) is 9.84 Å². The molecule has 0 spiro atoms. The summed E-state index contributed by atoms with van der Waals surface area (Å²) in [5, 5.41) is 0. The fraction of sp³-hybridized carbons (Fsp3) is 0.300. The third-order valence-corrected chi connectivity index (χ3v) is 5.74. The van der Waals surface area contributed by atoms with Crippen LogP contribution in [0.2, 0.25) is 0 Å². The lowest BCUT2D eigenvalue weighted by atomic mass is 10.1. The molecule has 2 aromatic carbocycles. The highest BCUT2D eigenvalue weighted by Gasteiger charge is 2.23. The minimum atomic E-state index is -3.24. The monoisotopic (exact) mass is 402 g/mol. The molecule has 1 aliphatic rings. The van der Waals surface area contributed by atoms with Gasteiger partial charge in [-0.05, 0) is 29.8 Å². The van der Waals surface area contributed by atoms with Gasteiger partial charge in [0.05, 0.1) is 10.5 Å². The van der Waals surface area contributed by atoms with E-state index in [0.717, 1.165) is 18.2 Å². The topological polar surface area (TPSA) is 84.0 Å². The standard InChI is InChI=1S/C20H22N2O5S/c1-28(25,26)17-8-6-16(7-9-17)14-27-19-5-3-2-4-18(19)20(24)22-12-10-21(15-23)11-13-22/h2-9,15H,10-14H2,1H3. The number of carbonyl (C=O) groups is 2. The molecule has 1 saturated heterocycles. The zero-order chi connectivity index (χ0) is 20.1. The third-order valence-electron chi connectivity index (χ3n) is 4.61. The number of hydrogen-bond donors (Lipinski definition) is 0. The Hall–Kier alpha value is -2.87. The van der Waals surface area contributed by atoms with E-state index in [-0.39, 0.29) is 17.4 Å². The van der Waals surface area contributed by atoms with Crippen molar-refractivity contribution >= 4 is 22.2 Å². The van der Waals surface area contributed by atoms with E-state index < -0.39 is 9.84 Å². The second-order valence-electron chi connectivity index (χ2n) is 6.63. The average Bonchev–Trinajstić information content (AvgIpc) is 2.71. The van der Waals surface area contributed by atoms with Crippen LogP contribution in [-0.4, -0.2) is 63.0 Å². The number of nitrogens with zero attached hydrogens (tertiary/aromatic N) is 2. The number of para-hydroxylation sites is 1. The minimum Gasteiger partial charge on any atom is -0.488 e. The van der Waals surface area contributed by atoms with Gasteiger partial charge in [-0.1, -0.05) is 24.3 Å². The van der Waals surface area contributed by atoms with Gasteiger partial charge in [0.2, 0.25) is 6.41 Å². The molecule has 8 heteroatoms. The smallest absolute Gasteiger partial charge is 0.257 e. The van der Waals surface area contributed by atoms with Crippen LogP contribution in [-0.2, 0) is 21.2 Å². The molecule has 3 rings (SSSR count). The Morgan fingerprint density at radius 1 is 1.04 bits per heavy atom. The van der Waals surface area contributed by atoms with Crippen LogP contribution in [0.5, 0.6) is 5.75 Å². The molecule has 1 fully saturated rings. The van der Waals surface area contributed by atoms with Crippen LogP contribution in [0.4, 0.5) is 0 Å². The predicted molar refractivity (Wildman–Crippen MR) is 104 cm³/mol. The molecule has 7 nitrogen and oxygen atoms in total. The number of piperazine rings is 1. The molecule has 2 amide bonds. The van der Waals surface area contributed by atoms with E-state index >= 15 is 0 Å². The molecule has 0 radical (unpaired) electrons. The minimum absolute atomic E-state index is 0.131. The van der Waals surface area contributed by atoms with Gasteiger partial charge < -0.3 is 14.5 Å². The summed E-state index contributed by atoms with van der Waals surface area (Å²) in [6.07, 6.45) is 1.96. The van der Waals surface area contributed by atoms with Gasteiger partial charge in [0.1, 0.15) is 12.4 Å². The number of hydrogen-bond acceptors (Lipinski definition) is 5. The first-order valence-electron chi connectivity index (χ1n) is 8.88. The quantitative estimate of drug-likeness (QED) is 0.685. The predicted octanol–water partition coefficient (Wildman–Crippen LogP) is 1.58. The number of benzene rings is 2. The lowest BCUT2D eigenvalue weighted by molar-refractivity contribution is -0.119. The van der Waals surface area contributed by atoms with Gasteiger partial charge >= 0.3 is 0 Å². The van der Waals surface area contributed by atoms with Gasteiger partial charge in [-0.15, -0.1) is 0 Å². The first-order chi connectivity index (χ1) is 13.4. The molecule has 2 aromatic rings. The second-order valence-corrected chi connectivity index (χ2v) is 8.65. The van der Waals surface area contributed by atoms with Crippen molar-refractivity contribution < 1.29 is 22.7 Å². The lowest BCUT2D eigenvalue weighted by Gasteiger charge is -2.32. The van der Waals surface area contributed by atoms with E-state index in [1.807, 2.05) is 0 Å². The Balaban J connectivity index is 1.69. The van der Waals surface area contributed by atoms with Gasteiger partial charge in [-0.2, -0.15) is 0 Å². The fourth-order valence-electron chi connectivity index (χ4n) is 2.96. The van der Waals surface area contributed by atoms with Crippen molar-refractivity contribution in [3.63, 3.8) is 0 Å². The van der Waals surface area contributed by atoms with Crippen molar-refractivity contribution in [2.45, 2.75) is 11.5 Å². The molecule has 0 unspecified atom stereocenters. The van der Waals surface area contributed by atoms with Crippen LogP contribution in [0.25, 0.3) is 0 Å². The van der Waals surface area contributed by atoms with E-state index in [4.69, 9.17) is 4.74 Å². The largest absolute Gasteiger partial charge is 0.488 e. The molecule has 0 N–H and O–H groups in total. The van der Waals surface area contributed by atoms with Crippen molar-refractivity contribution in [1.82, 2.24) is 9.80 Å². The summed E-state index contributed by atoms with van der Waals surface area (Å²) < 4.78 is 28.9. The second kappa shape index (κ2) is 8.43. The molecule has 0 saturated carbocycles. The molecule has 0 atom stereocenters. The normalized spacial score (nSPS) is 14.6. The summed E-state index contributed by atoms with van der Waals surface area (Å²) in [7, 11) is -3.24. The summed E-state index contributed by atoms with van der Waals surface area (Å²) in [6.45, 7) is 2.22. The summed E-state index contributed by atoms with van der Waals surface area (Å²) in [6, 6.07) is 13.5. The third kappa shape index (κ3) is 4.69. The fourth-order valence-corrected chi connectivity index (χ4v) is 3.59. The SMILES string of the molecule is CS(=O)(=O)c1ccc(COc2ccccc2C(=O)N2CCN(C=O)CC2)cc1.